The maximum absolute atomic E-state index is 12.7. The number of anilines is 2. The molecule has 1 fully saturated rings. The van der Waals surface area contributed by atoms with Crippen LogP contribution in [0.5, 0.6) is 0 Å². The van der Waals surface area contributed by atoms with Gasteiger partial charge in [0.1, 0.15) is 5.60 Å². The number of nitrogens with one attached hydrogen (secondary N) is 1. The van der Waals surface area contributed by atoms with E-state index in [-0.39, 0.29) is 24.6 Å². The van der Waals surface area contributed by atoms with Crippen LogP contribution < -0.4 is 10.2 Å². The van der Waals surface area contributed by atoms with Crippen LogP contribution >= 0.6 is 0 Å². The van der Waals surface area contributed by atoms with Gasteiger partial charge in [-0.1, -0.05) is 0 Å². The number of hydrogen-bond acceptors (Lipinski definition) is 7. The van der Waals surface area contributed by atoms with Crippen molar-refractivity contribution in [1.29, 1.82) is 0 Å². The van der Waals surface area contributed by atoms with Crippen molar-refractivity contribution in [2.45, 2.75) is 57.3 Å². The van der Waals surface area contributed by atoms with E-state index in [1.54, 1.807) is 39.4 Å². The van der Waals surface area contributed by atoms with E-state index in [0.29, 0.717) is 23.0 Å². The van der Waals surface area contributed by atoms with Gasteiger partial charge in [-0.25, -0.2) is 9.97 Å². The number of aliphatic hydroxyl groups is 1. The van der Waals surface area contributed by atoms with Gasteiger partial charge >= 0.3 is 0 Å². The molecule has 2 aromatic heterocycles. The van der Waals surface area contributed by atoms with Crippen molar-refractivity contribution in [2.75, 3.05) is 23.9 Å². The zero-order chi connectivity index (χ0) is 20.6. The molecule has 154 valence electrons. The second-order valence-electron chi connectivity index (χ2n) is 8.20. The molecule has 0 bridgehead atoms. The summed E-state index contributed by atoms with van der Waals surface area (Å²) >= 11 is 0. The Kier molecular flexibility index (Phi) is 5.23. The Labute approximate surface area is 170 Å². The summed E-state index contributed by atoms with van der Waals surface area (Å²) in [5.74, 6) is 1.22. The Bertz CT molecular complexity index is 886. The lowest BCUT2D eigenvalue weighted by atomic mass is 9.91. The zero-order valence-electron chi connectivity index (χ0n) is 17.1. The number of fused-ring (bicyclic) bond motifs is 1. The van der Waals surface area contributed by atoms with Gasteiger partial charge in [0, 0.05) is 24.9 Å². The largest absolute Gasteiger partial charge is 0.384 e. The molecular weight excluding hydrogens is 372 g/mol. The number of carbonyl (C=O) groups is 1. The van der Waals surface area contributed by atoms with Crippen LogP contribution in [0.1, 0.15) is 45.2 Å². The molecule has 0 spiro atoms. The van der Waals surface area contributed by atoms with Crippen LogP contribution in [0.3, 0.4) is 0 Å². The summed E-state index contributed by atoms with van der Waals surface area (Å²) in [5.41, 5.74) is 1.01. The number of aromatic nitrogens is 3. The number of ether oxygens (including phenoxy) is 1. The van der Waals surface area contributed by atoms with E-state index in [4.69, 9.17) is 9.72 Å². The lowest BCUT2D eigenvalue weighted by molar-refractivity contribution is -0.118. The number of pyridine rings is 1. The average Bonchev–Trinajstić information content (AvgIpc) is 2.73. The number of rotatable bonds is 4. The van der Waals surface area contributed by atoms with Crippen molar-refractivity contribution in [2.24, 2.45) is 0 Å². The van der Waals surface area contributed by atoms with E-state index in [0.717, 1.165) is 31.2 Å². The van der Waals surface area contributed by atoms with Gasteiger partial charge in [-0.2, -0.15) is 0 Å². The third-order valence-electron chi connectivity index (χ3n) is 5.69. The molecule has 0 unspecified atom stereocenters. The second kappa shape index (κ2) is 7.68. The van der Waals surface area contributed by atoms with Gasteiger partial charge in [-0.3, -0.25) is 14.7 Å². The highest BCUT2D eigenvalue weighted by Gasteiger charge is 2.35. The van der Waals surface area contributed by atoms with E-state index >= 15 is 0 Å². The molecule has 8 nitrogen and oxygen atoms in total. The number of nitrogens with zero attached hydrogens (tertiary/aromatic N) is 4. The van der Waals surface area contributed by atoms with Gasteiger partial charge in [0.2, 0.25) is 5.91 Å². The van der Waals surface area contributed by atoms with Gasteiger partial charge in [0.05, 0.1) is 30.2 Å². The minimum Gasteiger partial charge on any atom is -0.384 e. The fourth-order valence-corrected chi connectivity index (χ4v) is 4.00. The summed E-state index contributed by atoms with van der Waals surface area (Å²) < 4.78 is 5.47. The molecule has 1 amide bonds. The predicted octanol–water partition coefficient (Wildman–Crippen LogP) is 2.48. The van der Waals surface area contributed by atoms with Crippen LogP contribution in [0.2, 0.25) is 0 Å². The first-order valence-corrected chi connectivity index (χ1v) is 10.0. The molecule has 8 heteroatoms. The third-order valence-corrected chi connectivity index (χ3v) is 5.69. The number of methoxy groups -OCH3 is 1. The highest BCUT2D eigenvalue weighted by Crippen LogP contribution is 2.34. The second-order valence-corrected chi connectivity index (χ2v) is 8.20. The van der Waals surface area contributed by atoms with Crippen molar-refractivity contribution >= 4 is 17.5 Å². The first-order chi connectivity index (χ1) is 13.9. The quantitative estimate of drug-likeness (QED) is 0.815. The minimum absolute atomic E-state index is 0.0142. The van der Waals surface area contributed by atoms with Crippen molar-refractivity contribution in [3.8, 4) is 11.3 Å². The van der Waals surface area contributed by atoms with Crippen LogP contribution in [0, 0.1) is 0 Å². The Hall–Kier alpha value is -2.58. The lowest BCUT2D eigenvalue weighted by Crippen LogP contribution is -2.49. The first kappa shape index (κ1) is 19.7. The monoisotopic (exact) mass is 399 g/mol. The van der Waals surface area contributed by atoms with Crippen molar-refractivity contribution in [3.05, 3.63) is 30.2 Å². The molecule has 0 aromatic carbocycles. The Morgan fingerprint density at radius 1 is 1.17 bits per heavy atom. The molecule has 2 aliphatic rings. The molecule has 0 atom stereocenters. The topological polar surface area (TPSA) is 100 Å². The number of carbonyl (C=O) groups excluding carboxylic acids is 1. The standard InChI is InChI=1S/C21H27N5O3/c1-21(2,28)17-9-4-13(10-22-17)16-11-23-19-20(25-16)26(18(27)12-24-19)14-5-7-15(29-3)8-6-14/h4,9-11,14-15,28H,5-8,12H2,1-3H3,(H,23,24)/i21+2. The molecule has 29 heavy (non-hydrogen) atoms. The highest BCUT2D eigenvalue weighted by molar-refractivity contribution is 6.01. The number of hydrogen-bond donors (Lipinski definition) is 2. The molecule has 0 radical (unpaired) electrons. The summed E-state index contributed by atoms with van der Waals surface area (Å²) in [6, 6.07) is 3.75. The SMILES string of the molecule is COC1CCC(N2C(=O)CNc3ncc(-c4ccc([14C](C)(C)O)nc4)nc32)CC1. The number of amides is 1. The Morgan fingerprint density at radius 3 is 2.55 bits per heavy atom. The Balaban J connectivity index is 1.64. The van der Waals surface area contributed by atoms with Gasteiger partial charge < -0.3 is 15.2 Å². The summed E-state index contributed by atoms with van der Waals surface area (Å²) in [6.07, 6.45) is 7.26. The van der Waals surface area contributed by atoms with Crippen LogP contribution in [-0.2, 0) is 15.1 Å². The van der Waals surface area contributed by atoms with E-state index < -0.39 is 5.60 Å². The molecule has 1 aliphatic heterocycles. The molecule has 2 aromatic rings. The summed E-state index contributed by atoms with van der Waals surface area (Å²) in [6.45, 7) is 3.62. The highest BCUT2D eigenvalue weighted by atomic mass is 16.5. The lowest BCUT2D eigenvalue weighted by Gasteiger charge is -2.38. The molecule has 0 saturated heterocycles. The van der Waals surface area contributed by atoms with Crippen molar-refractivity contribution in [1.82, 2.24) is 15.0 Å². The maximum atomic E-state index is 12.7. The smallest absolute Gasteiger partial charge is 0.247 e. The van der Waals surface area contributed by atoms with Crippen LogP contribution in [0.25, 0.3) is 11.3 Å². The third kappa shape index (κ3) is 3.95. The molecule has 4 rings (SSSR count). The fraction of sp³-hybridized carbons (Fsp3) is 0.524. The van der Waals surface area contributed by atoms with Crippen molar-refractivity contribution in [3.63, 3.8) is 0 Å². The van der Waals surface area contributed by atoms with E-state index in [1.807, 2.05) is 11.0 Å². The minimum atomic E-state index is -1.01. The first-order valence-electron chi connectivity index (χ1n) is 10.0. The van der Waals surface area contributed by atoms with Crippen LogP contribution in [-0.4, -0.2) is 51.8 Å². The normalized spacial score (nSPS) is 22.2. The van der Waals surface area contributed by atoms with E-state index in [1.165, 1.54) is 0 Å². The van der Waals surface area contributed by atoms with Crippen LogP contribution in [0.4, 0.5) is 11.6 Å². The molecule has 1 aliphatic carbocycles. The molecule has 1 saturated carbocycles. The molecular formula is C21H27N5O3. The van der Waals surface area contributed by atoms with Gasteiger partial charge in [0.25, 0.3) is 0 Å². The summed E-state index contributed by atoms with van der Waals surface area (Å²) in [4.78, 5) is 28.2. The van der Waals surface area contributed by atoms with E-state index in [9.17, 15) is 9.90 Å². The van der Waals surface area contributed by atoms with E-state index in [2.05, 4.69) is 15.3 Å². The summed E-state index contributed by atoms with van der Waals surface area (Å²) in [5, 5.41) is 13.2. The predicted molar refractivity (Wildman–Crippen MR) is 110 cm³/mol. The molecule has 2 N–H and O–H groups in total. The van der Waals surface area contributed by atoms with Crippen LogP contribution in [0.15, 0.2) is 24.5 Å². The van der Waals surface area contributed by atoms with Crippen molar-refractivity contribution < 1.29 is 14.6 Å². The van der Waals surface area contributed by atoms with Gasteiger partial charge in [0.15, 0.2) is 11.6 Å². The molecule has 3 heterocycles. The maximum Gasteiger partial charge on any atom is 0.247 e. The van der Waals surface area contributed by atoms with Gasteiger partial charge in [-0.05, 0) is 51.7 Å². The average molecular weight is 399 g/mol. The Morgan fingerprint density at radius 2 is 1.93 bits per heavy atom. The van der Waals surface area contributed by atoms with Gasteiger partial charge in [-0.15, -0.1) is 0 Å². The fourth-order valence-electron chi connectivity index (χ4n) is 4.00. The summed E-state index contributed by atoms with van der Waals surface area (Å²) in [7, 11) is 1.74. The zero-order valence-corrected chi connectivity index (χ0v) is 17.1.